The zero-order valence-corrected chi connectivity index (χ0v) is 69.5. The van der Waals surface area contributed by atoms with Crippen molar-refractivity contribution in [1.82, 2.24) is 75.6 Å². The van der Waals surface area contributed by atoms with Gasteiger partial charge < -0.3 is 54.9 Å². The van der Waals surface area contributed by atoms with Crippen LogP contribution >= 0.6 is 56.7 Å². The molecule has 5 N–H and O–H groups in total. The van der Waals surface area contributed by atoms with Crippen molar-refractivity contribution in [2.75, 3.05) is 61.0 Å². The van der Waals surface area contributed by atoms with E-state index in [1.807, 2.05) is 45.3 Å². The number of carbonyl (C=O) groups is 2. The second-order valence-corrected chi connectivity index (χ2v) is 38.2. The summed E-state index contributed by atoms with van der Waals surface area (Å²) < 4.78 is 24.9. The molecule has 23 nitrogen and oxygen atoms in total. The Kier molecular flexibility index (Phi) is 26.1. The lowest BCUT2D eigenvalue weighted by molar-refractivity contribution is -0.137. The highest BCUT2D eigenvalue weighted by atomic mass is 32.1. The van der Waals surface area contributed by atoms with Gasteiger partial charge in [0.15, 0.2) is 0 Å². The third-order valence-corrected chi connectivity index (χ3v) is 31.1. The van der Waals surface area contributed by atoms with Gasteiger partial charge in [-0.15, -0.1) is 56.7 Å². The van der Waals surface area contributed by atoms with E-state index in [0.29, 0.717) is 42.2 Å². The van der Waals surface area contributed by atoms with Crippen LogP contribution in [0.15, 0.2) is 31.6 Å². The topological polar surface area (TPSA) is 283 Å². The molecule has 5 fully saturated rings. The van der Waals surface area contributed by atoms with Crippen molar-refractivity contribution in [2.24, 2.45) is 11.8 Å². The van der Waals surface area contributed by atoms with Gasteiger partial charge in [-0.1, -0.05) is 0 Å². The molecule has 20 rings (SSSR count). The molecule has 0 radical (unpaired) electrons. The first kappa shape index (κ1) is 79.0. The van der Waals surface area contributed by atoms with Crippen LogP contribution in [-0.2, 0) is 80.2 Å². The molecular formula is C84H109N15O8S5. The average molecular weight is 1620 g/mol. The monoisotopic (exact) mass is 1620 g/mol. The molecule has 9 aliphatic carbocycles. The molecule has 10 aliphatic rings. The average Bonchev–Trinajstić information content (AvgIpc) is 1.65. The Hall–Kier alpha value is -6.86. The molecule has 10 aromatic rings. The molecule has 0 atom stereocenters. The van der Waals surface area contributed by atoms with Crippen LogP contribution in [0.25, 0.3) is 51.1 Å². The summed E-state index contributed by atoms with van der Waals surface area (Å²) >= 11 is 9.11. The molecule has 0 aromatic carbocycles. The molecule has 112 heavy (non-hydrogen) atoms. The zero-order valence-electron chi connectivity index (χ0n) is 65.4. The maximum Gasteiger partial charge on any atom is 0.317 e. The first-order chi connectivity index (χ1) is 54.8. The summed E-state index contributed by atoms with van der Waals surface area (Å²) in [6, 6.07) is 1.99. The summed E-state index contributed by atoms with van der Waals surface area (Å²) in [6.45, 7) is 3.26. The number of aliphatic carboxylic acids is 2. The van der Waals surface area contributed by atoms with Crippen molar-refractivity contribution < 1.29 is 38.7 Å². The van der Waals surface area contributed by atoms with Gasteiger partial charge in [0.05, 0.1) is 46.9 Å². The number of carboxylic acid groups (broad SMARTS) is 2. The van der Waals surface area contributed by atoms with E-state index in [2.05, 4.69) is 104 Å². The minimum absolute atomic E-state index is 0.0315. The van der Waals surface area contributed by atoms with Crippen molar-refractivity contribution in [1.29, 1.82) is 0 Å². The van der Waals surface area contributed by atoms with Crippen LogP contribution in [0, 0.1) is 11.8 Å². The molecule has 598 valence electrons. The summed E-state index contributed by atoms with van der Waals surface area (Å²) in [5.41, 5.74) is 8.51. The number of aryl methyl sites for hydroxylation is 10. The third-order valence-electron chi connectivity index (χ3n) is 25.1. The van der Waals surface area contributed by atoms with Crippen molar-refractivity contribution >= 4 is 120 Å². The van der Waals surface area contributed by atoms with Gasteiger partial charge in [-0.3, -0.25) is 9.59 Å². The summed E-state index contributed by atoms with van der Waals surface area (Å²) in [6.07, 6.45) is 48.0. The molecule has 4 saturated carbocycles. The quantitative estimate of drug-likeness (QED) is 0.0503. The third kappa shape index (κ3) is 18.7. The summed E-state index contributed by atoms with van der Waals surface area (Å²) in [5, 5.41) is 33.2. The number of thiophene rings is 5. The van der Waals surface area contributed by atoms with Gasteiger partial charge in [0, 0.05) is 53.9 Å². The van der Waals surface area contributed by atoms with Crippen molar-refractivity contribution in [3.8, 4) is 23.5 Å². The zero-order chi connectivity index (χ0) is 76.6. The Morgan fingerprint density at radius 1 is 0.420 bits per heavy atom. The molecule has 0 bridgehead atoms. The highest BCUT2D eigenvalue weighted by Gasteiger charge is 2.33. The molecule has 1 aliphatic heterocycles. The molecule has 1 saturated heterocycles. The second kappa shape index (κ2) is 37.0. The Morgan fingerprint density at radius 3 is 1.14 bits per heavy atom. The fourth-order valence-corrected chi connectivity index (χ4v) is 25.0. The van der Waals surface area contributed by atoms with E-state index in [-0.39, 0.29) is 25.2 Å². The number of hydrogen-bond acceptors (Lipinski definition) is 26. The van der Waals surface area contributed by atoms with E-state index in [1.165, 1.54) is 200 Å². The van der Waals surface area contributed by atoms with Gasteiger partial charge in [-0.2, -0.15) is 0 Å². The van der Waals surface area contributed by atoms with Gasteiger partial charge in [-0.05, 0) is 299 Å². The standard InChI is InChI=1S/C18H23N3O2S.C17H21N3O3S.C17H23N3OS.2C16H21N3OS/c22-16(23)9-19-12-6-4-11(5-7-12)8-14-17-13-2-1-3-15(13)24-18(17)21-10-20-14;21-14(22)8-18-10-4-6-11(7-5-10)23-16-15-12-2-1-3-13(12)24-17(15)20-9-19-16;1-20(2)11-6-8-12(9-7-11)21-16-15-13-4-3-5-14(13)22-17(15)19-10-18-16;1-19-7-5-11(6-8-19)9-20-15-14-12-3-2-4-13(12)21-16(14)18-10-17-15;1-17-10-5-7-11(8-6-10)20-15-14-12-3-2-4-13(12)21-16(14)19-9-18-15/h10-12,19H,1-9H2,(H,22,23);9-11,18H,1-8H2,(H,21,22);10-12H,3-9H2,1-2H3;10-11H,2-9H2,1H3;9-11,17H,2-8H2,1H3. The van der Waals surface area contributed by atoms with Crippen LogP contribution in [0.5, 0.6) is 23.5 Å². The number of fused-ring (bicyclic) bond motifs is 15. The van der Waals surface area contributed by atoms with Crippen molar-refractivity contribution in [3.63, 3.8) is 0 Å². The molecule has 11 heterocycles. The highest BCUT2D eigenvalue weighted by Crippen LogP contribution is 2.46. The first-order valence-corrected chi connectivity index (χ1v) is 45.7. The van der Waals surface area contributed by atoms with Crippen molar-refractivity contribution in [2.45, 2.75) is 261 Å². The number of likely N-dealkylation sites (tertiary alicyclic amines) is 1. The lowest BCUT2D eigenvalue weighted by atomic mass is 9.83. The Bertz CT molecular complexity index is 4740. The van der Waals surface area contributed by atoms with E-state index in [4.69, 9.17) is 29.2 Å². The minimum Gasteiger partial charge on any atom is -0.480 e. The maximum atomic E-state index is 10.7. The van der Waals surface area contributed by atoms with Crippen molar-refractivity contribution in [3.05, 3.63) is 89.5 Å². The summed E-state index contributed by atoms with van der Waals surface area (Å²) in [7, 11) is 8.59. The lowest BCUT2D eigenvalue weighted by Gasteiger charge is -2.32. The van der Waals surface area contributed by atoms with E-state index in [1.54, 1.807) is 43.0 Å². The predicted octanol–water partition coefficient (Wildman–Crippen LogP) is 14.9. The Morgan fingerprint density at radius 2 is 0.759 bits per heavy atom. The van der Waals surface area contributed by atoms with Crippen LogP contribution in [0.2, 0.25) is 0 Å². The summed E-state index contributed by atoms with van der Waals surface area (Å²) in [5.74, 6) is 2.96. The number of hydrogen-bond donors (Lipinski definition) is 5. The number of carboxylic acids is 2. The number of piperidine rings is 1. The molecular weight excluding hydrogens is 1510 g/mol. The number of nitrogens with one attached hydrogen (secondary N) is 3. The largest absolute Gasteiger partial charge is 0.480 e. The van der Waals surface area contributed by atoms with Crippen LogP contribution < -0.4 is 34.9 Å². The fraction of sp³-hybridized carbons (Fsp3) is 0.619. The van der Waals surface area contributed by atoms with E-state index in [0.717, 1.165) is 170 Å². The van der Waals surface area contributed by atoms with Gasteiger partial charge in [0.2, 0.25) is 23.5 Å². The normalized spacial score (nSPS) is 23.4. The van der Waals surface area contributed by atoms with Crippen LogP contribution in [-0.4, -0.2) is 185 Å². The smallest absolute Gasteiger partial charge is 0.317 e. The van der Waals surface area contributed by atoms with Gasteiger partial charge in [-0.25, -0.2) is 49.8 Å². The first-order valence-electron chi connectivity index (χ1n) is 41.6. The fourth-order valence-electron chi connectivity index (χ4n) is 18.9. The number of aromatic nitrogens is 10. The van der Waals surface area contributed by atoms with E-state index in [9.17, 15) is 9.59 Å². The number of rotatable bonds is 19. The van der Waals surface area contributed by atoms with Gasteiger partial charge >= 0.3 is 11.9 Å². The molecule has 0 unspecified atom stereocenters. The number of nitrogens with zero attached hydrogens (tertiary/aromatic N) is 12. The predicted molar refractivity (Wildman–Crippen MR) is 446 cm³/mol. The molecule has 28 heteroatoms. The molecule has 0 spiro atoms. The Labute approximate surface area is 676 Å². The molecule has 0 amide bonds. The lowest BCUT2D eigenvalue weighted by Crippen LogP contribution is -2.38. The molecule has 10 aromatic heterocycles. The van der Waals surface area contributed by atoms with E-state index < -0.39 is 11.9 Å². The summed E-state index contributed by atoms with van der Waals surface area (Å²) in [4.78, 5) is 83.6. The van der Waals surface area contributed by atoms with Gasteiger partial charge in [0.25, 0.3) is 0 Å². The SMILES string of the molecule is CN(C)C1CCC(Oc2ncnc3sc4c(c23)CCC4)CC1.CN1CCC(COc2ncnc3sc4c(c23)CCC4)CC1.CNC1CCC(Oc2ncnc3sc4c(c23)CCC4)CC1.O=C(O)CNC1CCC(Cc2ncnc3sc4c(c23)CCC4)CC1.O=C(O)CNC1CCC(Oc2ncnc3sc4c(c23)CCC4)CC1. The Balaban J connectivity index is 0.000000106. The number of ether oxygens (including phenoxy) is 4. The highest BCUT2D eigenvalue weighted by molar-refractivity contribution is 7.20. The minimum atomic E-state index is -0.803. The van der Waals surface area contributed by atoms with Crippen LogP contribution in [0.3, 0.4) is 0 Å². The maximum absolute atomic E-state index is 10.7. The van der Waals surface area contributed by atoms with Crippen LogP contribution in [0.1, 0.15) is 206 Å². The second-order valence-electron chi connectivity index (χ2n) is 32.7. The van der Waals surface area contributed by atoms with Crippen LogP contribution in [0.4, 0.5) is 0 Å². The van der Waals surface area contributed by atoms with E-state index >= 15 is 0 Å². The van der Waals surface area contributed by atoms with Gasteiger partial charge in [0.1, 0.15) is 74.1 Å².